The highest BCUT2D eigenvalue weighted by Gasteiger charge is 2.18. The summed E-state index contributed by atoms with van der Waals surface area (Å²) in [6, 6.07) is 16.5. The summed E-state index contributed by atoms with van der Waals surface area (Å²) < 4.78 is 0. The molecule has 1 atom stereocenters. The van der Waals surface area contributed by atoms with Crippen LogP contribution in [-0.2, 0) is 0 Å². The number of benzene rings is 2. The van der Waals surface area contributed by atoms with Gasteiger partial charge in [0.05, 0.1) is 11.6 Å². The molecule has 1 saturated heterocycles. The van der Waals surface area contributed by atoms with Crippen molar-refractivity contribution >= 4 is 16.6 Å². The maximum absolute atomic E-state index is 9.46. The van der Waals surface area contributed by atoms with Crippen LogP contribution in [0.2, 0.25) is 0 Å². The SMILES string of the molecule is Cc1ccc2c(NC3CCCNC3)nnc(-c3ccccc3C#N)c2c1. The van der Waals surface area contributed by atoms with Gasteiger partial charge in [-0.3, -0.25) is 0 Å². The molecule has 0 bridgehead atoms. The van der Waals surface area contributed by atoms with Crippen LogP contribution in [0.3, 0.4) is 0 Å². The molecule has 0 aliphatic carbocycles. The molecular formula is C21H21N5. The second-order valence-corrected chi connectivity index (χ2v) is 6.79. The van der Waals surface area contributed by atoms with Crippen LogP contribution in [0, 0.1) is 18.3 Å². The lowest BCUT2D eigenvalue weighted by Crippen LogP contribution is -2.38. The van der Waals surface area contributed by atoms with Gasteiger partial charge in [-0.25, -0.2) is 0 Å². The van der Waals surface area contributed by atoms with Gasteiger partial charge >= 0.3 is 0 Å². The maximum Gasteiger partial charge on any atom is 0.156 e. The normalized spacial score (nSPS) is 17.0. The number of nitrogens with one attached hydrogen (secondary N) is 2. The van der Waals surface area contributed by atoms with Crippen molar-refractivity contribution in [2.45, 2.75) is 25.8 Å². The van der Waals surface area contributed by atoms with Crippen molar-refractivity contribution in [2.75, 3.05) is 18.4 Å². The van der Waals surface area contributed by atoms with E-state index in [9.17, 15) is 5.26 Å². The van der Waals surface area contributed by atoms with Crippen LogP contribution in [0.4, 0.5) is 5.82 Å². The van der Waals surface area contributed by atoms with Gasteiger partial charge in [-0.15, -0.1) is 10.2 Å². The number of nitrogens with zero attached hydrogens (tertiary/aromatic N) is 3. The summed E-state index contributed by atoms with van der Waals surface area (Å²) >= 11 is 0. The molecule has 0 radical (unpaired) electrons. The zero-order valence-electron chi connectivity index (χ0n) is 14.8. The zero-order chi connectivity index (χ0) is 17.9. The number of nitriles is 1. The van der Waals surface area contributed by atoms with Crippen LogP contribution < -0.4 is 10.6 Å². The van der Waals surface area contributed by atoms with Gasteiger partial charge < -0.3 is 10.6 Å². The van der Waals surface area contributed by atoms with Gasteiger partial charge in [-0.2, -0.15) is 5.26 Å². The van der Waals surface area contributed by atoms with Crippen molar-refractivity contribution in [3.8, 4) is 17.3 Å². The fraction of sp³-hybridized carbons (Fsp3) is 0.286. The molecule has 1 unspecified atom stereocenters. The molecule has 130 valence electrons. The summed E-state index contributed by atoms with van der Waals surface area (Å²) in [4.78, 5) is 0. The molecule has 2 aromatic carbocycles. The standard InChI is InChI=1S/C21H21N5/c1-14-8-9-18-19(11-14)20(17-7-3-2-5-15(17)12-22)25-26-21(18)24-16-6-4-10-23-13-16/h2-3,5,7-9,11,16,23H,4,6,10,13H2,1H3,(H,24,26). The number of rotatable bonds is 3. The zero-order valence-corrected chi connectivity index (χ0v) is 14.8. The lowest BCUT2D eigenvalue weighted by atomic mass is 9.99. The van der Waals surface area contributed by atoms with E-state index in [1.165, 1.54) is 0 Å². The average Bonchev–Trinajstić information content (AvgIpc) is 2.69. The Kier molecular flexibility index (Phi) is 4.51. The smallest absolute Gasteiger partial charge is 0.156 e. The molecule has 1 aliphatic rings. The Morgan fingerprint density at radius 3 is 2.85 bits per heavy atom. The number of hydrogen-bond acceptors (Lipinski definition) is 5. The van der Waals surface area contributed by atoms with Gasteiger partial charge in [0.2, 0.25) is 0 Å². The van der Waals surface area contributed by atoms with E-state index in [0.717, 1.165) is 59.3 Å². The molecule has 5 nitrogen and oxygen atoms in total. The molecule has 0 saturated carbocycles. The molecule has 1 aliphatic heterocycles. The van der Waals surface area contributed by atoms with Gasteiger partial charge in [0.15, 0.2) is 5.82 Å². The highest BCUT2D eigenvalue weighted by Crippen LogP contribution is 2.32. The maximum atomic E-state index is 9.46. The molecule has 1 aromatic heterocycles. The van der Waals surface area contributed by atoms with E-state index in [4.69, 9.17) is 0 Å². The van der Waals surface area contributed by atoms with E-state index in [1.54, 1.807) is 0 Å². The van der Waals surface area contributed by atoms with Crippen molar-refractivity contribution in [3.63, 3.8) is 0 Å². The molecule has 2 heterocycles. The minimum Gasteiger partial charge on any atom is -0.364 e. The number of aromatic nitrogens is 2. The first-order chi connectivity index (χ1) is 12.8. The van der Waals surface area contributed by atoms with Gasteiger partial charge in [0, 0.05) is 28.9 Å². The second-order valence-electron chi connectivity index (χ2n) is 6.79. The van der Waals surface area contributed by atoms with Gasteiger partial charge in [0.25, 0.3) is 0 Å². The third kappa shape index (κ3) is 3.12. The lowest BCUT2D eigenvalue weighted by molar-refractivity contribution is 0.479. The lowest BCUT2D eigenvalue weighted by Gasteiger charge is -2.24. The van der Waals surface area contributed by atoms with Crippen molar-refractivity contribution in [3.05, 3.63) is 53.6 Å². The fourth-order valence-corrected chi connectivity index (χ4v) is 3.53. The molecule has 3 aromatic rings. The van der Waals surface area contributed by atoms with Crippen molar-refractivity contribution in [1.29, 1.82) is 5.26 Å². The molecule has 26 heavy (non-hydrogen) atoms. The number of piperidine rings is 1. The summed E-state index contributed by atoms with van der Waals surface area (Å²) in [6.07, 6.45) is 2.29. The second kappa shape index (κ2) is 7.11. The van der Waals surface area contributed by atoms with Gasteiger partial charge in [-0.05, 0) is 38.4 Å². The first-order valence-electron chi connectivity index (χ1n) is 9.00. The Morgan fingerprint density at radius 1 is 1.15 bits per heavy atom. The van der Waals surface area contributed by atoms with E-state index in [-0.39, 0.29) is 0 Å². The first kappa shape index (κ1) is 16.5. The molecule has 2 N–H and O–H groups in total. The summed E-state index contributed by atoms with van der Waals surface area (Å²) in [5, 5.41) is 27.5. The third-order valence-corrected chi connectivity index (χ3v) is 4.88. The summed E-state index contributed by atoms with van der Waals surface area (Å²) in [5.41, 5.74) is 3.35. The molecule has 5 heteroatoms. The first-order valence-corrected chi connectivity index (χ1v) is 9.00. The quantitative estimate of drug-likeness (QED) is 0.759. The largest absolute Gasteiger partial charge is 0.364 e. The van der Waals surface area contributed by atoms with Gasteiger partial charge in [-0.1, -0.05) is 35.9 Å². The van der Waals surface area contributed by atoms with Crippen LogP contribution in [0.5, 0.6) is 0 Å². The van der Waals surface area contributed by atoms with Crippen LogP contribution >= 0.6 is 0 Å². The van der Waals surface area contributed by atoms with E-state index in [0.29, 0.717) is 11.6 Å². The summed E-state index contributed by atoms with van der Waals surface area (Å²) in [5.74, 6) is 0.812. The Bertz CT molecular complexity index is 983. The Balaban J connectivity index is 1.84. The van der Waals surface area contributed by atoms with E-state index in [2.05, 4.69) is 52.0 Å². The highest BCUT2D eigenvalue weighted by molar-refractivity contribution is 6.01. The number of fused-ring (bicyclic) bond motifs is 1. The Labute approximate surface area is 153 Å². The number of hydrogen-bond donors (Lipinski definition) is 2. The van der Waals surface area contributed by atoms with Crippen LogP contribution in [-0.4, -0.2) is 29.3 Å². The summed E-state index contributed by atoms with van der Waals surface area (Å²) in [6.45, 7) is 4.08. The minimum atomic E-state index is 0.361. The van der Waals surface area contributed by atoms with Gasteiger partial charge in [0.1, 0.15) is 5.69 Å². The highest BCUT2D eigenvalue weighted by atomic mass is 15.2. The number of aryl methyl sites for hydroxylation is 1. The minimum absolute atomic E-state index is 0.361. The molecule has 0 amide bonds. The molecular weight excluding hydrogens is 322 g/mol. The molecule has 4 rings (SSSR count). The topological polar surface area (TPSA) is 73.6 Å². The number of anilines is 1. The summed E-state index contributed by atoms with van der Waals surface area (Å²) in [7, 11) is 0. The predicted octanol–water partition coefficient (Wildman–Crippen LogP) is 3.64. The van der Waals surface area contributed by atoms with Crippen LogP contribution in [0.15, 0.2) is 42.5 Å². The molecule has 1 fully saturated rings. The third-order valence-electron chi connectivity index (χ3n) is 4.88. The predicted molar refractivity (Wildman–Crippen MR) is 104 cm³/mol. The molecule has 0 spiro atoms. The van der Waals surface area contributed by atoms with E-state index < -0.39 is 0 Å². The van der Waals surface area contributed by atoms with E-state index >= 15 is 0 Å². The van der Waals surface area contributed by atoms with E-state index in [1.807, 2.05) is 24.3 Å². The van der Waals surface area contributed by atoms with Crippen molar-refractivity contribution in [2.24, 2.45) is 0 Å². The Morgan fingerprint density at radius 2 is 2.04 bits per heavy atom. The van der Waals surface area contributed by atoms with Crippen LogP contribution in [0.25, 0.3) is 22.0 Å². The monoisotopic (exact) mass is 343 g/mol. The van der Waals surface area contributed by atoms with Crippen LogP contribution in [0.1, 0.15) is 24.0 Å². The van der Waals surface area contributed by atoms with Crippen molar-refractivity contribution < 1.29 is 0 Å². The fourth-order valence-electron chi connectivity index (χ4n) is 3.53. The average molecular weight is 343 g/mol. The van der Waals surface area contributed by atoms with Crippen molar-refractivity contribution in [1.82, 2.24) is 15.5 Å². The Hall–Kier alpha value is -2.97.